The maximum atomic E-state index is 12.5. The van der Waals surface area contributed by atoms with Crippen molar-refractivity contribution in [2.75, 3.05) is 17.2 Å². The molecule has 11 heteroatoms. The lowest BCUT2D eigenvalue weighted by atomic mass is 10.1. The van der Waals surface area contributed by atoms with E-state index in [0.717, 1.165) is 31.5 Å². The Morgan fingerprint density at radius 3 is 2.64 bits per heavy atom. The van der Waals surface area contributed by atoms with Crippen molar-refractivity contribution in [2.24, 2.45) is 5.92 Å². The Kier molecular flexibility index (Phi) is 5.93. The molecule has 1 aliphatic carbocycles. The van der Waals surface area contributed by atoms with Gasteiger partial charge in [0.15, 0.2) is 11.5 Å². The molecule has 1 amide bonds. The van der Waals surface area contributed by atoms with Crippen molar-refractivity contribution < 1.29 is 27.8 Å². The number of nitrogens with zero attached hydrogens (tertiary/aromatic N) is 3. The van der Waals surface area contributed by atoms with Gasteiger partial charge in [-0.25, -0.2) is 15.0 Å². The zero-order valence-corrected chi connectivity index (χ0v) is 14.6. The van der Waals surface area contributed by atoms with Crippen molar-refractivity contribution >= 4 is 17.4 Å². The highest BCUT2D eigenvalue weighted by atomic mass is 19.4. The highest BCUT2D eigenvalue weighted by Crippen LogP contribution is 2.26. The number of alkyl halides is 3. The molecule has 2 aromatic rings. The average Bonchev–Trinajstić information content (AvgIpc) is 3.05. The van der Waals surface area contributed by atoms with E-state index < -0.39 is 18.1 Å². The maximum absolute atomic E-state index is 12.5. The number of carbonyl (C=O) groups excluding carboxylic acids is 1. The van der Waals surface area contributed by atoms with Crippen LogP contribution in [0.1, 0.15) is 29.8 Å². The highest BCUT2D eigenvalue weighted by molar-refractivity contribution is 6.05. The highest BCUT2D eigenvalue weighted by Gasteiger charge is 2.31. The maximum Gasteiger partial charge on any atom is 0.574 e. The Morgan fingerprint density at radius 2 is 2.00 bits per heavy atom. The van der Waals surface area contributed by atoms with Crippen molar-refractivity contribution in [3.8, 4) is 5.88 Å². The second kappa shape index (κ2) is 8.38. The number of ether oxygens (including phenoxy) is 1. The fourth-order valence-corrected chi connectivity index (χ4v) is 2.94. The van der Waals surface area contributed by atoms with Crippen molar-refractivity contribution in [3.05, 3.63) is 36.4 Å². The zero-order chi connectivity index (χ0) is 20.1. The van der Waals surface area contributed by atoms with Gasteiger partial charge in [0.25, 0.3) is 5.91 Å². The van der Waals surface area contributed by atoms with E-state index in [-0.39, 0.29) is 29.2 Å². The second-order valence-electron chi connectivity index (χ2n) is 6.28. The molecule has 3 rings (SSSR count). The molecule has 1 unspecified atom stereocenters. The molecule has 0 saturated heterocycles. The van der Waals surface area contributed by atoms with Gasteiger partial charge in [-0.1, -0.05) is 6.42 Å². The lowest BCUT2D eigenvalue weighted by molar-refractivity contribution is -0.276. The molecule has 1 aliphatic rings. The summed E-state index contributed by atoms with van der Waals surface area (Å²) in [6.07, 6.45) is 1.17. The minimum Gasteiger partial charge on any atom is -0.393 e. The average molecular weight is 397 g/mol. The number of hydrogen-bond acceptors (Lipinski definition) is 7. The van der Waals surface area contributed by atoms with Crippen LogP contribution >= 0.6 is 0 Å². The summed E-state index contributed by atoms with van der Waals surface area (Å²) in [5, 5.41) is 15.4. The Bertz CT molecular complexity index is 816. The van der Waals surface area contributed by atoms with Crippen LogP contribution in [-0.4, -0.2) is 45.0 Å². The number of aliphatic hydroxyl groups excluding tert-OH is 1. The van der Waals surface area contributed by atoms with E-state index in [4.69, 9.17) is 0 Å². The molecule has 150 valence electrons. The van der Waals surface area contributed by atoms with E-state index in [9.17, 15) is 23.1 Å². The van der Waals surface area contributed by atoms with Crippen LogP contribution in [-0.2, 0) is 0 Å². The fourth-order valence-electron chi connectivity index (χ4n) is 2.94. The van der Waals surface area contributed by atoms with E-state index in [1.165, 1.54) is 18.5 Å². The first-order chi connectivity index (χ1) is 13.3. The first-order valence-corrected chi connectivity index (χ1v) is 8.58. The van der Waals surface area contributed by atoms with Crippen LogP contribution in [0.15, 0.2) is 30.7 Å². The summed E-state index contributed by atoms with van der Waals surface area (Å²) in [7, 11) is 0. The quantitative estimate of drug-likeness (QED) is 0.687. The lowest BCUT2D eigenvalue weighted by Crippen LogP contribution is -2.24. The SMILES string of the molecule is O=C(Nc1ccc(OC(F)(F)F)nc1)c1nccnc1NCC1CCC[C@H]1O. The number of anilines is 2. The summed E-state index contributed by atoms with van der Waals surface area (Å²) in [6, 6.07) is 2.21. The number of pyridine rings is 1. The molecule has 1 fully saturated rings. The number of aliphatic hydroxyl groups is 1. The van der Waals surface area contributed by atoms with Crippen LogP contribution in [0.25, 0.3) is 0 Å². The van der Waals surface area contributed by atoms with Crippen LogP contribution in [0.3, 0.4) is 0 Å². The number of carbonyl (C=O) groups is 1. The normalized spacial score (nSPS) is 19.3. The van der Waals surface area contributed by atoms with Gasteiger partial charge in [0.1, 0.15) is 0 Å². The molecule has 0 radical (unpaired) electrons. The van der Waals surface area contributed by atoms with Crippen molar-refractivity contribution in [1.82, 2.24) is 15.0 Å². The van der Waals surface area contributed by atoms with E-state index >= 15 is 0 Å². The van der Waals surface area contributed by atoms with E-state index in [0.29, 0.717) is 6.54 Å². The topological polar surface area (TPSA) is 109 Å². The van der Waals surface area contributed by atoms with Gasteiger partial charge < -0.3 is 20.5 Å². The van der Waals surface area contributed by atoms with E-state index in [1.54, 1.807) is 0 Å². The summed E-state index contributed by atoms with van der Waals surface area (Å²) >= 11 is 0. The molecule has 3 N–H and O–H groups in total. The van der Waals surface area contributed by atoms with E-state index in [2.05, 4.69) is 30.3 Å². The molecule has 0 aromatic carbocycles. The summed E-state index contributed by atoms with van der Waals surface area (Å²) in [5.41, 5.74) is 0.188. The summed E-state index contributed by atoms with van der Waals surface area (Å²) in [6.45, 7) is 0.450. The summed E-state index contributed by atoms with van der Waals surface area (Å²) in [5.74, 6) is -0.913. The van der Waals surface area contributed by atoms with Crippen LogP contribution < -0.4 is 15.4 Å². The van der Waals surface area contributed by atoms with Crippen LogP contribution in [0.5, 0.6) is 5.88 Å². The van der Waals surface area contributed by atoms with Gasteiger partial charge in [0.05, 0.1) is 18.0 Å². The molecule has 2 heterocycles. The standard InChI is InChI=1S/C17H18F3N5O3/c18-17(19,20)28-13-5-4-11(9-23-13)25-16(27)14-15(22-7-6-21-14)24-8-10-2-1-3-12(10)26/h4-7,9-10,12,26H,1-3,8H2,(H,22,24)(H,25,27)/t10?,12-/m1/s1. The first-order valence-electron chi connectivity index (χ1n) is 8.58. The van der Waals surface area contributed by atoms with Gasteiger partial charge in [0.2, 0.25) is 5.88 Å². The summed E-state index contributed by atoms with van der Waals surface area (Å²) in [4.78, 5) is 24.1. The van der Waals surface area contributed by atoms with Crippen LogP contribution in [0, 0.1) is 5.92 Å². The number of amides is 1. The predicted octanol–water partition coefficient (Wildman–Crippen LogP) is 2.60. The molecule has 2 atom stereocenters. The predicted molar refractivity (Wildman–Crippen MR) is 92.7 cm³/mol. The van der Waals surface area contributed by atoms with Gasteiger partial charge in [-0.3, -0.25) is 4.79 Å². The lowest BCUT2D eigenvalue weighted by Gasteiger charge is -2.16. The molecular weight excluding hydrogens is 379 g/mol. The molecule has 28 heavy (non-hydrogen) atoms. The number of rotatable bonds is 6. The third-order valence-corrected chi connectivity index (χ3v) is 4.28. The van der Waals surface area contributed by atoms with Crippen LogP contribution in [0.4, 0.5) is 24.7 Å². The molecule has 0 spiro atoms. The second-order valence-corrected chi connectivity index (χ2v) is 6.28. The van der Waals surface area contributed by atoms with Gasteiger partial charge in [-0.2, -0.15) is 0 Å². The van der Waals surface area contributed by atoms with Crippen molar-refractivity contribution in [3.63, 3.8) is 0 Å². The third-order valence-electron chi connectivity index (χ3n) is 4.28. The summed E-state index contributed by atoms with van der Waals surface area (Å²) < 4.78 is 40.1. The molecule has 2 aromatic heterocycles. The Labute approximate surface area is 158 Å². The molecule has 8 nitrogen and oxygen atoms in total. The largest absolute Gasteiger partial charge is 0.574 e. The van der Waals surface area contributed by atoms with Gasteiger partial charge in [-0.05, 0) is 18.9 Å². The van der Waals surface area contributed by atoms with Crippen LogP contribution in [0.2, 0.25) is 0 Å². The molecular formula is C17H18F3N5O3. The zero-order valence-electron chi connectivity index (χ0n) is 14.6. The molecule has 0 aliphatic heterocycles. The molecule has 1 saturated carbocycles. The van der Waals surface area contributed by atoms with Gasteiger partial charge >= 0.3 is 6.36 Å². The Morgan fingerprint density at radius 1 is 1.21 bits per heavy atom. The Balaban J connectivity index is 1.64. The minimum absolute atomic E-state index is 0.0191. The van der Waals surface area contributed by atoms with Crippen molar-refractivity contribution in [2.45, 2.75) is 31.7 Å². The van der Waals surface area contributed by atoms with Gasteiger partial charge in [-0.15, -0.1) is 13.2 Å². The number of nitrogens with one attached hydrogen (secondary N) is 2. The van der Waals surface area contributed by atoms with Crippen molar-refractivity contribution in [1.29, 1.82) is 0 Å². The fraction of sp³-hybridized carbons (Fsp3) is 0.412. The number of hydrogen-bond donors (Lipinski definition) is 3. The third kappa shape index (κ3) is 5.28. The first kappa shape index (κ1) is 19.8. The number of halogens is 3. The minimum atomic E-state index is -4.84. The Hall–Kier alpha value is -2.95. The van der Waals surface area contributed by atoms with Gasteiger partial charge in [0, 0.05) is 30.9 Å². The molecule has 0 bridgehead atoms. The smallest absolute Gasteiger partial charge is 0.393 e. The van der Waals surface area contributed by atoms with E-state index in [1.807, 2.05) is 0 Å². The monoisotopic (exact) mass is 397 g/mol. The number of aromatic nitrogens is 3.